The van der Waals surface area contributed by atoms with Crippen molar-refractivity contribution in [3.8, 4) is 0 Å². The van der Waals surface area contributed by atoms with E-state index in [2.05, 4.69) is 10.3 Å². The molecule has 0 fully saturated rings. The fourth-order valence-electron chi connectivity index (χ4n) is 2.64. The maximum atomic E-state index is 13.4. The van der Waals surface area contributed by atoms with Crippen LogP contribution in [-0.2, 0) is 9.53 Å². The third-order valence-corrected chi connectivity index (χ3v) is 3.85. The van der Waals surface area contributed by atoms with E-state index in [1.165, 1.54) is 25.3 Å². The van der Waals surface area contributed by atoms with Gasteiger partial charge in [0.05, 0.1) is 23.7 Å². The number of halogens is 2. The molecule has 0 radical (unpaired) electrons. The van der Waals surface area contributed by atoms with E-state index < -0.39 is 24.5 Å². The van der Waals surface area contributed by atoms with Crippen LogP contribution in [0.25, 0.3) is 11.0 Å². The van der Waals surface area contributed by atoms with E-state index in [1.807, 2.05) is 0 Å². The van der Waals surface area contributed by atoms with Crippen molar-refractivity contribution in [3.63, 3.8) is 0 Å². The molecule has 0 aliphatic heterocycles. The minimum atomic E-state index is -2.82. The quantitative estimate of drug-likeness (QED) is 0.638. The Morgan fingerprint density at radius 2 is 2.04 bits per heavy atom. The highest BCUT2D eigenvalue weighted by Crippen LogP contribution is 2.28. The lowest BCUT2D eigenvalue weighted by Crippen LogP contribution is -2.26. The van der Waals surface area contributed by atoms with Crippen molar-refractivity contribution in [3.05, 3.63) is 54.2 Å². The van der Waals surface area contributed by atoms with Crippen molar-refractivity contribution >= 4 is 22.9 Å². The summed E-state index contributed by atoms with van der Waals surface area (Å²) in [6, 6.07) is 9.51. The molecule has 1 amide bonds. The number of carbonyl (C=O) groups excluding carboxylic acids is 2. The molecule has 1 aromatic carbocycles. The van der Waals surface area contributed by atoms with Gasteiger partial charge in [0.15, 0.2) is 17.7 Å². The number of benzene rings is 1. The first kappa shape index (κ1) is 18.6. The zero-order valence-corrected chi connectivity index (χ0v) is 14.4. The van der Waals surface area contributed by atoms with Crippen LogP contribution in [0.5, 0.6) is 0 Å². The van der Waals surface area contributed by atoms with Gasteiger partial charge in [0.25, 0.3) is 5.91 Å². The SMILES string of the molecule is CC(OC(=O)CCNC(=O)c1ccco1)c1nc2ccccc2n1C(F)F. The molecule has 9 heteroatoms. The summed E-state index contributed by atoms with van der Waals surface area (Å²) in [4.78, 5) is 27.8. The van der Waals surface area contributed by atoms with Gasteiger partial charge in [0, 0.05) is 6.54 Å². The average molecular weight is 377 g/mol. The van der Waals surface area contributed by atoms with Crippen molar-refractivity contribution in [1.29, 1.82) is 0 Å². The first-order valence-electron chi connectivity index (χ1n) is 8.23. The molecule has 2 heterocycles. The summed E-state index contributed by atoms with van der Waals surface area (Å²) in [5, 5.41) is 2.51. The Morgan fingerprint density at radius 1 is 1.26 bits per heavy atom. The summed E-state index contributed by atoms with van der Waals surface area (Å²) in [5.41, 5.74) is 0.650. The van der Waals surface area contributed by atoms with Crippen LogP contribution < -0.4 is 5.32 Å². The normalized spacial score (nSPS) is 12.3. The third-order valence-electron chi connectivity index (χ3n) is 3.85. The number of nitrogens with one attached hydrogen (secondary N) is 1. The van der Waals surface area contributed by atoms with Gasteiger partial charge in [0.1, 0.15) is 0 Å². The highest BCUT2D eigenvalue weighted by Gasteiger charge is 2.24. The van der Waals surface area contributed by atoms with E-state index >= 15 is 0 Å². The molecular weight excluding hydrogens is 360 g/mol. The van der Waals surface area contributed by atoms with Gasteiger partial charge in [-0.1, -0.05) is 12.1 Å². The van der Waals surface area contributed by atoms with E-state index in [-0.39, 0.29) is 30.1 Å². The summed E-state index contributed by atoms with van der Waals surface area (Å²) in [7, 11) is 0. The van der Waals surface area contributed by atoms with Gasteiger partial charge in [-0.2, -0.15) is 8.78 Å². The summed E-state index contributed by atoms with van der Waals surface area (Å²) in [6.45, 7) is -1.32. The molecule has 27 heavy (non-hydrogen) atoms. The lowest BCUT2D eigenvalue weighted by Gasteiger charge is -2.15. The van der Waals surface area contributed by atoms with Gasteiger partial charge >= 0.3 is 12.5 Å². The maximum Gasteiger partial charge on any atom is 0.320 e. The van der Waals surface area contributed by atoms with Crippen molar-refractivity contribution in [2.24, 2.45) is 0 Å². The summed E-state index contributed by atoms with van der Waals surface area (Å²) in [6.07, 6.45) is 0.269. The number of para-hydroxylation sites is 2. The topological polar surface area (TPSA) is 86.4 Å². The highest BCUT2D eigenvalue weighted by molar-refractivity contribution is 5.91. The number of aromatic nitrogens is 2. The summed E-state index contributed by atoms with van der Waals surface area (Å²) in [5.74, 6) is -1.02. The molecule has 0 aliphatic rings. The second-order valence-corrected chi connectivity index (χ2v) is 5.72. The third kappa shape index (κ3) is 4.13. The van der Waals surface area contributed by atoms with Crippen LogP contribution in [0.3, 0.4) is 0 Å². The molecule has 1 unspecified atom stereocenters. The maximum absolute atomic E-state index is 13.4. The standard InChI is InChI=1S/C18H17F2N3O4/c1-11(16-22-12-5-2-3-6-13(12)23(16)18(19)20)27-15(24)8-9-21-17(25)14-7-4-10-26-14/h2-7,10-11,18H,8-9H2,1H3,(H,21,25). The van der Waals surface area contributed by atoms with E-state index in [1.54, 1.807) is 24.3 Å². The molecular formula is C18H17F2N3O4. The molecule has 3 aromatic rings. The Balaban J connectivity index is 1.60. The minimum absolute atomic E-state index is 0.0242. The number of hydrogen-bond donors (Lipinski definition) is 1. The van der Waals surface area contributed by atoms with Crippen molar-refractivity contribution in [2.75, 3.05) is 6.54 Å². The van der Waals surface area contributed by atoms with Crippen LogP contribution in [0.15, 0.2) is 47.1 Å². The molecule has 0 bridgehead atoms. The van der Waals surface area contributed by atoms with Gasteiger partial charge < -0.3 is 14.5 Å². The monoisotopic (exact) mass is 377 g/mol. The molecule has 0 saturated carbocycles. The molecule has 0 spiro atoms. The Hall–Kier alpha value is -3.23. The van der Waals surface area contributed by atoms with Gasteiger partial charge in [0.2, 0.25) is 0 Å². The molecule has 1 N–H and O–H groups in total. The zero-order chi connectivity index (χ0) is 19.4. The number of hydrogen-bond acceptors (Lipinski definition) is 5. The van der Waals surface area contributed by atoms with Crippen molar-refractivity contribution in [2.45, 2.75) is 26.0 Å². The number of furan rings is 1. The Kier molecular flexibility index (Phi) is 5.49. The molecule has 0 saturated heterocycles. The summed E-state index contributed by atoms with van der Waals surface area (Å²) >= 11 is 0. The van der Waals surface area contributed by atoms with E-state index in [9.17, 15) is 18.4 Å². The molecule has 142 valence electrons. The van der Waals surface area contributed by atoms with Crippen LogP contribution >= 0.6 is 0 Å². The van der Waals surface area contributed by atoms with E-state index in [4.69, 9.17) is 9.15 Å². The molecule has 3 rings (SSSR count). The molecule has 0 aliphatic carbocycles. The van der Waals surface area contributed by atoms with Gasteiger partial charge in [-0.15, -0.1) is 0 Å². The lowest BCUT2D eigenvalue weighted by atomic mass is 10.3. The zero-order valence-electron chi connectivity index (χ0n) is 14.4. The minimum Gasteiger partial charge on any atom is -0.459 e. The lowest BCUT2D eigenvalue weighted by molar-refractivity contribution is -0.149. The molecule has 7 nitrogen and oxygen atoms in total. The molecule has 2 aromatic heterocycles. The van der Waals surface area contributed by atoms with Crippen molar-refractivity contribution in [1.82, 2.24) is 14.9 Å². The number of imidazole rings is 1. The highest BCUT2D eigenvalue weighted by atomic mass is 19.3. The second-order valence-electron chi connectivity index (χ2n) is 5.72. The van der Waals surface area contributed by atoms with Crippen LogP contribution in [0.2, 0.25) is 0 Å². The van der Waals surface area contributed by atoms with Gasteiger partial charge in [-0.3, -0.25) is 14.2 Å². The Bertz CT molecular complexity index is 937. The fraction of sp³-hybridized carbons (Fsp3) is 0.278. The Labute approximate surface area is 152 Å². The summed E-state index contributed by atoms with van der Waals surface area (Å²) < 4.78 is 37.8. The number of alkyl halides is 2. The predicted octanol–water partition coefficient (Wildman–Crippen LogP) is 3.45. The number of ether oxygens (including phenoxy) is 1. The van der Waals surface area contributed by atoms with Crippen LogP contribution in [0.4, 0.5) is 8.78 Å². The first-order chi connectivity index (χ1) is 13.0. The first-order valence-corrected chi connectivity index (χ1v) is 8.23. The second kappa shape index (κ2) is 7.98. The molecule has 1 atom stereocenters. The van der Waals surface area contributed by atoms with Gasteiger partial charge in [-0.05, 0) is 31.2 Å². The number of amides is 1. The number of fused-ring (bicyclic) bond motifs is 1. The van der Waals surface area contributed by atoms with Crippen LogP contribution in [-0.4, -0.2) is 28.0 Å². The number of esters is 1. The number of carbonyl (C=O) groups is 2. The number of rotatable bonds is 7. The van der Waals surface area contributed by atoms with Crippen LogP contribution in [0, 0.1) is 0 Å². The Morgan fingerprint density at radius 3 is 2.74 bits per heavy atom. The van der Waals surface area contributed by atoms with E-state index in [0.29, 0.717) is 5.52 Å². The average Bonchev–Trinajstić information content (AvgIpc) is 3.29. The smallest absolute Gasteiger partial charge is 0.320 e. The fourth-order valence-corrected chi connectivity index (χ4v) is 2.64. The van der Waals surface area contributed by atoms with Crippen molar-refractivity contribution < 1.29 is 27.5 Å². The predicted molar refractivity (Wildman–Crippen MR) is 91.2 cm³/mol. The van der Waals surface area contributed by atoms with Gasteiger partial charge in [-0.25, -0.2) is 4.98 Å². The van der Waals surface area contributed by atoms with E-state index in [0.717, 1.165) is 4.57 Å². The number of nitrogens with zero attached hydrogens (tertiary/aromatic N) is 2. The van der Waals surface area contributed by atoms with Crippen LogP contribution in [0.1, 0.15) is 42.4 Å². The largest absolute Gasteiger partial charge is 0.459 e.